The van der Waals surface area contributed by atoms with Crippen LogP contribution in [0.3, 0.4) is 0 Å². The maximum atomic E-state index is 12.7. The summed E-state index contributed by atoms with van der Waals surface area (Å²) in [6.45, 7) is 2.43. The van der Waals surface area contributed by atoms with Gasteiger partial charge in [0.05, 0.1) is 12.2 Å². The van der Waals surface area contributed by atoms with E-state index in [4.69, 9.17) is 0 Å². The van der Waals surface area contributed by atoms with Crippen molar-refractivity contribution in [1.29, 1.82) is 0 Å². The number of carbonyl (C=O) groups is 3. The van der Waals surface area contributed by atoms with E-state index < -0.39 is 0 Å². The lowest BCUT2D eigenvalue weighted by Gasteiger charge is -2.26. The van der Waals surface area contributed by atoms with Gasteiger partial charge < -0.3 is 10.2 Å². The molecule has 0 atom stereocenters. The second kappa shape index (κ2) is 8.42. The van der Waals surface area contributed by atoms with Crippen LogP contribution < -0.4 is 10.6 Å². The normalized spacial score (nSPS) is 12.8. The van der Waals surface area contributed by atoms with Crippen molar-refractivity contribution >= 4 is 40.0 Å². The Morgan fingerprint density at radius 3 is 2.63 bits per heavy atom. The number of aromatic nitrogens is 2. The Labute approximate surface area is 177 Å². The van der Waals surface area contributed by atoms with Gasteiger partial charge in [-0.2, -0.15) is 0 Å². The molecule has 3 aromatic rings. The van der Waals surface area contributed by atoms with E-state index in [1.54, 1.807) is 23.1 Å². The van der Waals surface area contributed by atoms with Gasteiger partial charge in [-0.1, -0.05) is 29.5 Å². The molecule has 152 valence electrons. The van der Waals surface area contributed by atoms with Crippen LogP contribution in [0.15, 0.2) is 48.7 Å². The van der Waals surface area contributed by atoms with Crippen LogP contribution in [0, 0.1) is 0 Å². The molecule has 2 N–H and O–H groups in total. The Morgan fingerprint density at radius 1 is 1.07 bits per heavy atom. The first kappa shape index (κ1) is 19.7. The average molecular weight is 421 g/mol. The quantitative estimate of drug-likeness (QED) is 0.674. The Hall–Kier alpha value is -3.59. The Bertz CT molecular complexity index is 1110. The lowest BCUT2D eigenvalue weighted by atomic mass is 10.1. The van der Waals surface area contributed by atoms with Crippen molar-refractivity contribution in [1.82, 2.24) is 14.9 Å². The van der Waals surface area contributed by atoms with Crippen LogP contribution in [0.5, 0.6) is 0 Å². The third kappa shape index (κ3) is 4.36. The Balaban J connectivity index is 1.45. The molecule has 1 aromatic carbocycles. The smallest absolute Gasteiger partial charge is 0.257 e. The summed E-state index contributed by atoms with van der Waals surface area (Å²) >= 11 is 1.37. The van der Waals surface area contributed by atoms with E-state index in [-0.39, 0.29) is 17.7 Å². The zero-order chi connectivity index (χ0) is 21.1. The highest BCUT2D eigenvalue weighted by Crippen LogP contribution is 2.29. The molecule has 1 aliphatic heterocycles. The van der Waals surface area contributed by atoms with Gasteiger partial charge >= 0.3 is 0 Å². The summed E-state index contributed by atoms with van der Waals surface area (Å²) in [7, 11) is 0. The molecule has 4 rings (SSSR count). The molecular weight excluding hydrogens is 402 g/mol. The minimum Gasteiger partial charge on any atom is -0.333 e. The van der Waals surface area contributed by atoms with Crippen LogP contribution in [0.4, 0.5) is 10.9 Å². The maximum absolute atomic E-state index is 12.7. The summed E-state index contributed by atoms with van der Waals surface area (Å²) in [5.74, 6) is -0.305. The van der Waals surface area contributed by atoms with Crippen LogP contribution >= 0.6 is 11.3 Å². The summed E-state index contributed by atoms with van der Waals surface area (Å²) in [5.41, 5.74) is 1.93. The molecule has 3 heterocycles. The zero-order valence-electron chi connectivity index (χ0n) is 16.2. The molecular formula is C21H19N5O3S. The van der Waals surface area contributed by atoms with Crippen LogP contribution in [-0.2, 0) is 17.8 Å². The molecule has 30 heavy (non-hydrogen) atoms. The number of pyridine rings is 1. The van der Waals surface area contributed by atoms with Crippen LogP contribution in [0.25, 0.3) is 0 Å². The van der Waals surface area contributed by atoms with Crippen LogP contribution in [-0.4, -0.2) is 39.1 Å². The number of rotatable bonds is 4. The van der Waals surface area contributed by atoms with E-state index in [1.165, 1.54) is 30.5 Å². The van der Waals surface area contributed by atoms with Crippen molar-refractivity contribution in [2.24, 2.45) is 0 Å². The van der Waals surface area contributed by atoms with Gasteiger partial charge in [-0.25, -0.2) is 9.97 Å². The van der Waals surface area contributed by atoms with Crippen LogP contribution in [0.2, 0.25) is 0 Å². The van der Waals surface area contributed by atoms with Crippen LogP contribution in [0.1, 0.15) is 38.2 Å². The molecule has 8 nitrogen and oxygen atoms in total. The number of fused-ring (bicyclic) bond motifs is 1. The van der Waals surface area contributed by atoms with Gasteiger partial charge in [-0.05, 0) is 24.3 Å². The highest BCUT2D eigenvalue weighted by atomic mass is 32.1. The van der Waals surface area contributed by atoms with E-state index in [1.807, 2.05) is 18.2 Å². The molecule has 0 fully saturated rings. The van der Waals surface area contributed by atoms with Crippen molar-refractivity contribution < 1.29 is 14.4 Å². The number of thiazole rings is 1. The highest BCUT2D eigenvalue weighted by molar-refractivity contribution is 7.15. The number of nitrogens with one attached hydrogen (secondary N) is 2. The average Bonchev–Trinajstić information content (AvgIpc) is 3.15. The van der Waals surface area contributed by atoms with Gasteiger partial charge in [0.15, 0.2) is 5.13 Å². The largest absolute Gasteiger partial charge is 0.333 e. The molecule has 2 aromatic heterocycles. The lowest BCUT2D eigenvalue weighted by molar-refractivity contribution is -0.114. The van der Waals surface area contributed by atoms with Gasteiger partial charge in [0, 0.05) is 42.1 Å². The fourth-order valence-corrected chi connectivity index (χ4v) is 4.19. The summed E-state index contributed by atoms with van der Waals surface area (Å²) in [6.07, 6.45) is 2.10. The molecule has 0 radical (unpaired) electrons. The second-order valence-corrected chi connectivity index (χ2v) is 7.88. The fourth-order valence-electron chi connectivity index (χ4n) is 3.18. The summed E-state index contributed by atoms with van der Waals surface area (Å²) in [6, 6.07) is 12.3. The van der Waals surface area contributed by atoms with Crippen molar-refractivity contribution in [3.63, 3.8) is 0 Å². The predicted molar refractivity (Wildman–Crippen MR) is 113 cm³/mol. The van der Waals surface area contributed by atoms with Gasteiger partial charge in [0.25, 0.3) is 11.8 Å². The molecule has 0 bridgehead atoms. The summed E-state index contributed by atoms with van der Waals surface area (Å²) in [5, 5.41) is 5.83. The summed E-state index contributed by atoms with van der Waals surface area (Å²) in [4.78, 5) is 47.7. The number of amides is 3. The number of carbonyl (C=O) groups excluding carboxylic acids is 3. The Kier molecular flexibility index (Phi) is 5.53. The van der Waals surface area contributed by atoms with Gasteiger partial charge in [0.1, 0.15) is 5.82 Å². The zero-order valence-corrected chi connectivity index (χ0v) is 17.0. The minimum atomic E-state index is -0.340. The first-order valence-corrected chi connectivity index (χ1v) is 10.2. The van der Waals surface area contributed by atoms with Crippen molar-refractivity contribution in [3.8, 4) is 0 Å². The number of nitrogens with zero attached hydrogens (tertiary/aromatic N) is 3. The SMILES string of the molecule is CC(=O)Nc1cc(C(=O)Nc2nc3c(s2)CN(C(=O)c2ccccc2)CC3)ccn1. The standard InChI is InChI=1S/C21H19N5O3S/c1-13(27)23-18-11-15(7-9-22-18)19(28)25-21-24-16-8-10-26(12-17(16)30-21)20(29)14-5-3-2-4-6-14/h2-7,9,11H,8,10,12H2,1H3,(H,22,23,27)(H,24,25,28). The first-order valence-electron chi connectivity index (χ1n) is 9.37. The molecule has 3 amide bonds. The third-order valence-corrected chi connectivity index (χ3v) is 5.58. The minimum absolute atomic E-state index is 0.0116. The molecule has 0 aliphatic carbocycles. The van der Waals surface area contributed by atoms with Crippen molar-refractivity contribution in [2.75, 3.05) is 17.2 Å². The molecule has 0 spiro atoms. The number of anilines is 2. The first-order chi connectivity index (χ1) is 14.5. The maximum Gasteiger partial charge on any atom is 0.257 e. The molecule has 0 saturated heterocycles. The monoisotopic (exact) mass is 421 g/mol. The fraction of sp³-hybridized carbons (Fsp3) is 0.190. The predicted octanol–water partition coefficient (Wildman–Crippen LogP) is 2.95. The summed E-state index contributed by atoms with van der Waals surface area (Å²) < 4.78 is 0. The molecule has 0 saturated carbocycles. The molecule has 9 heteroatoms. The van der Waals surface area contributed by atoms with Crippen molar-refractivity contribution in [2.45, 2.75) is 19.9 Å². The second-order valence-electron chi connectivity index (χ2n) is 6.80. The van der Waals surface area contributed by atoms with E-state index in [0.29, 0.717) is 41.6 Å². The van der Waals surface area contributed by atoms with E-state index in [0.717, 1.165) is 10.6 Å². The van der Waals surface area contributed by atoms with Gasteiger partial charge in [-0.3, -0.25) is 19.7 Å². The van der Waals surface area contributed by atoms with E-state index in [2.05, 4.69) is 20.6 Å². The number of hydrogen-bond donors (Lipinski definition) is 2. The number of benzene rings is 1. The van der Waals surface area contributed by atoms with E-state index in [9.17, 15) is 14.4 Å². The Morgan fingerprint density at radius 2 is 1.87 bits per heavy atom. The third-order valence-electron chi connectivity index (χ3n) is 4.59. The van der Waals surface area contributed by atoms with Gasteiger partial charge in [0.2, 0.25) is 5.91 Å². The highest BCUT2D eigenvalue weighted by Gasteiger charge is 2.25. The molecule has 0 unspecified atom stereocenters. The van der Waals surface area contributed by atoms with E-state index >= 15 is 0 Å². The van der Waals surface area contributed by atoms with Gasteiger partial charge in [-0.15, -0.1) is 0 Å². The molecule has 1 aliphatic rings. The van der Waals surface area contributed by atoms with Crippen molar-refractivity contribution in [3.05, 3.63) is 70.4 Å². The topological polar surface area (TPSA) is 104 Å². The number of hydrogen-bond acceptors (Lipinski definition) is 6. The lowest BCUT2D eigenvalue weighted by Crippen LogP contribution is -2.35.